The molecule has 2 aliphatic rings. The largest absolute Gasteiger partial charge is 0.434 e. The van der Waals surface area contributed by atoms with Gasteiger partial charge in [-0.15, -0.1) is 0 Å². The molecule has 1 amide bonds. The molecule has 16 heteroatoms. The molecule has 7 N–H and O–H groups in total. The van der Waals surface area contributed by atoms with Gasteiger partial charge in [0, 0.05) is 7.11 Å². The quantitative estimate of drug-likeness (QED) is 0.240. The van der Waals surface area contributed by atoms with Crippen LogP contribution >= 0.6 is 7.75 Å². The van der Waals surface area contributed by atoms with E-state index in [0.29, 0.717) is 13.0 Å². The molecule has 0 radical (unpaired) electrons. The number of anilines is 1. The molecule has 4 rings (SSSR count). The summed E-state index contributed by atoms with van der Waals surface area (Å²) < 4.78 is 29.5. The summed E-state index contributed by atoms with van der Waals surface area (Å²) in [6, 6.07) is -0.509. The molecule has 2 aromatic heterocycles. The minimum absolute atomic E-state index is 0.0206. The number of aliphatic hydroxyl groups is 2. The Labute approximate surface area is 180 Å². The van der Waals surface area contributed by atoms with Crippen LogP contribution in [0.3, 0.4) is 0 Å². The highest BCUT2D eigenvalue weighted by molar-refractivity contribution is 7.52. The molecule has 6 atom stereocenters. The first-order valence-corrected chi connectivity index (χ1v) is 11.4. The number of nitrogens with two attached hydrogens (primary N) is 1. The van der Waals surface area contributed by atoms with Gasteiger partial charge in [-0.1, -0.05) is 0 Å². The molecule has 0 unspecified atom stereocenters. The highest BCUT2D eigenvalue weighted by atomic mass is 31.2. The first-order chi connectivity index (χ1) is 15.2. The number of fused-ring (bicyclic) bond motifs is 1. The Morgan fingerprint density at radius 3 is 2.91 bits per heavy atom. The maximum Gasteiger partial charge on any atom is 0.434 e. The molecular formula is C16H24N7O8P. The van der Waals surface area contributed by atoms with Gasteiger partial charge in [0.05, 0.1) is 12.6 Å². The molecule has 2 saturated heterocycles. The van der Waals surface area contributed by atoms with E-state index >= 15 is 0 Å². The number of hydrogen-bond acceptors (Lipinski definition) is 12. The van der Waals surface area contributed by atoms with E-state index in [-0.39, 0.29) is 17.0 Å². The average Bonchev–Trinajstić information content (AvgIpc) is 3.47. The molecule has 2 fully saturated rings. The summed E-state index contributed by atoms with van der Waals surface area (Å²) in [5.41, 5.74) is 5.26. The number of amides is 1. The Morgan fingerprint density at radius 1 is 1.44 bits per heavy atom. The molecule has 2 aromatic rings. The highest BCUT2D eigenvalue weighted by Gasteiger charge is 2.46. The number of rotatable bonds is 7. The van der Waals surface area contributed by atoms with Gasteiger partial charge in [-0.25, -0.2) is 23.9 Å². The molecule has 15 nitrogen and oxygen atoms in total. The minimum atomic E-state index is -4.07. The van der Waals surface area contributed by atoms with Crippen LogP contribution in [0.15, 0.2) is 11.1 Å². The lowest BCUT2D eigenvalue weighted by Crippen LogP contribution is -2.40. The third-order valence-corrected chi connectivity index (χ3v) is 6.86. The Hall–Kier alpha value is -2.39. The van der Waals surface area contributed by atoms with Gasteiger partial charge < -0.3 is 31.0 Å². The molecule has 0 spiro atoms. The predicted molar refractivity (Wildman–Crippen MR) is 108 cm³/mol. The number of aliphatic hydroxyl groups excluding tert-OH is 2. The summed E-state index contributed by atoms with van der Waals surface area (Å²) in [4.78, 5) is 34.9. The molecule has 176 valence electrons. The van der Waals surface area contributed by atoms with Gasteiger partial charge in [-0.2, -0.15) is 0 Å². The van der Waals surface area contributed by atoms with E-state index < -0.39 is 56.5 Å². The van der Waals surface area contributed by atoms with Crippen molar-refractivity contribution < 1.29 is 33.4 Å². The third kappa shape index (κ3) is 4.15. The van der Waals surface area contributed by atoms with E-state index in [9.17, 15) is 24.4 Å². The molecule has 0 aromatic carbocycles. The van der Waals surface area contributed by atoms with Gasteiger partial charge >= 0.3 is 13.4 Å². The van der Waals surface area contributed by atoms with Crippen LogP contribution in [0.25, 0.3) is 11.2 Å². The number of ether oxygens (including phenoxy) is 1. The lowest BCUT2D eigenvalue weighted by molar-refractivity contribution is -0.121. The Morgan fingerprint density at radius 2 is 2.22 bits per heavy atom. The van der Waals surface area contributed by atoms with Crippen LogP contribution in [0.5, 0.6) is 0 Å². The number of nitrogen functional groups attached to an aromatic ring is 1. The standard InChI is InChI=1S/C16H24N7O8P/c1-29-32(28,22-14(26)7-3-2-4-18-7)30-5-8-10(24)11(25)15(31-8)23-13-9(21-16(23)27)12(17)19-6-20-13/h6-8,10-11,15,18,24-25H,2-5H2,1H3,(H,21,27)(H2,17,19,20)(H,22,26,28)/t7-,8+,10-,11+,15+,32-/m1/s1. The van der Waals surface area contributed by atoms with Crippen LogP contribution in [-0.4, -0.2) is 80.3 Å². The second-order valence-corrected chi connectivity index (χ2v) is 9.25. The van der Waals surface area contributed by atoms with Crippen LogP contribution in [0.4, 0.5) is 5.82 Å². The Bertz CT molecular complexity index is 1100. The van der Waals surface area contributed by atoms with Crippen molar-refractivity contribution in [2.45, 2.75) is 43.4 Å². The van der Waals surface area contributed by atoms with Gasteiger partial charge in [0.15, 0.2) is 17.7 Å². The van der Waals surface area contributed by atoms with E-state index in [2.05, 4.69) is 25.4 Å². The van der Waals surface area contributed by atoms with Crippen LogP contribution in [-0.2, 0) is 23.1 Å². The summed E-state index contributed by atoms with van der Waals surface area (Å²) in [6.45, 7) is 0.161. The topological polar surface area (TPSA) is 216 Å². The maximum absolute atomic E-state index is 12.8. The first kappa shape index (κ1) is 22.8. The van der Waals surface area contributed by atoms with Crippen molar-refractivity contribution >= 4 is 30.6 Å². The number of carbonyl (C=O) groups excluding carboxylic acids is 1. The van der Waals surface area contributed by atoms with E-state index in [1.807, 2.05) is 0 Å². The number of H-pyrrole nitrogens is 1. The molecule has 0 aliphatic carbocycles. The fourth-order valence-corrected chi connectivity index (χ4v) is 4.73. The first-order valence-electron chi connectivity index (χ1n) is 9.82. The summed E-state index contributed by atoms with van der Waals surface area (Å²) in [6.07, 6.45) is -3.06. The van der Waals surface area contributed by atoms with Gasteiger partial charge in [0.1, 0.15) is 30.2 Å². The normalized spacial score (nSPS) is 29.9. The lowest BCUT2D eigenvalue weighted by Gasteiger charge is -2.21. The van der Waals surface area contributed by atoms with Crippen LogP contribution in [0.2, 0.25) is 0 Å². The Balaban J connectivity index is 1.47. The molecular weight excluding hydrogens is 449 g/mol. The third-order valence-electron chi connectivity index (χ3n) is 5.40. The Kier molecular flexibility index (Phi) is 6.31. The van der Waals surface area contributed by atoms with E-state index in [0.717, 1.165) is 24.4 Å². The average molecular weight is 473 g/mol. The minimum Gasteiger partial charge on any atom is -0.387 e. The number of aromatic nitrogens is 4. The van der Waals surface area contributed by atoms with Crippen LogP contribution < -0.4 is 21.8 Å². The number of nitrogens with one attached hydrogen (secondary N) is 3. The highest BCUT2D eigenvalue weighted by Crippen LogP contribution is 2.44. The van der Waals surface area contributed by atoms with Crippen molar-refractivity contribution in [3.8, 4) is 0 Å². The van der Waals surface area contributed by atoms with Gasteiger partial charge in [-0.3, -0.25) is 18.9 Å². The lowest BCUT2D eigenvalue weighted by atomic mass is 10.1. The smallest absolute Gasteiger partial charge is 0.387 e. The number of carbonyl (C=O) groups is 1. The number of hydrogen-bond donors (Lipinski definition) is 6. The van der Waals surface area contributed by atoms with E-state index in [1.54, 1.807) is 0 Å². The van der Waals surface area contributed by atoms with Crippen molar-refractivity contribution in [1.82, 2.24) is 29.9 Å². The number of nitrogens with zero attached hydrogens (tertiary/aromatic N) is 3. The summed E-state index contributed by atoms with van der Waals surface area (Å²) in [5.74, 6) is -0.520. The van der Waals surface area contributed by atoms with Gasteiger partial charge in [-0.05, 0) is 19.4 Å². The van der Waals surface area contributed by atoms with Crippen molar-refractivity contribution in [3.05, 3.63) is 16.8 Å². The zero-order valence-corrected chi connectivity index (χ0v) is 17.9. The second-order valence-electron chi connectivity index (χ2n) is 7.40. The molecule has 0 bridgehead atoms. The predicted octanol–water partition coefficient (Wildman–Crippen LogP) is -2.04. The molecule has 32 heavy (non-hydrogen) atoms. The number of imidazole rings is 1. The number of aromatic amines is 1. The molecule has 2 aliphatic heterocycles. The zero-order chi connectivity index (χ0) is 23.0. The zero-order valence-electron chi connectivity index (χ0n) is 17.0. The summed E-state index contributed by atoms with van der Waals surface area (Å²) >= 11 is 0. The fourth-order valence-electron chi connectivity index (χ4n) is 3.69. The van der Waals surface area contributed by atoms with Crippen LogP contribution in [0.1, 0.15) is 19.1 Å². The van der Waals surface area contributed by atoms with E-state index in [1.165, 1.54) is 0 Å². The monoisotopic (exact) mass is 473 g/mol. The molecule has 4 heterocycles. The summed E-state index contributed by atoms with van der Waals surface area (Å²) in [5, 5.41) is 26.1. The fraction of sp³-hybridized carbons (Fsp3) is 0.625. The van der Waals surface area contributed by atoms with Gasteiger partial charge in [0.25, 0.3) is 0 Å². The van der Waals surface area contributed by atoms with Crippen molar-refractivity contribution in [1.29, 1.82) is 0 Å². The van der Waals surface area contributed by atoms with Crippen molar-refractivity contribution in [2.75, 3.05) is 26.0 Å². The van der Waals surface area contributed by atoms with Gasteiger partial charge in [0.2, 0.25) is 5.91 Å². The summed E-state index contributed by atoms with van der Waals surface area (Å²) in [7, 11) is -2.97. The second kappa shape index (κ2) is 8.86. The van der Waals surface area contributed by atoms with Crippen molar-refractivity contribution in [2.24, 2.45) is 0 Å². The maximum atomic E-state index is 12.8. The van der Waals surface area contributed by atoms with Crippen LogP contribution in [0, 0.1) is 0 Å². The SMILES string of the molecule is CO[P@](=O)(NC(=O)[C@H]1CCCN1)OC[C@@H]1O[C@H](n2c(=O)[nH]c3c(N)ncnc32)[C@@H](O)[C@@H]1O. The van der Waals surface area contributed by atoms with E-state index in [4.69, 9.17) is 19.5 Å². The van der Waals surface area contributed by atoms with Crippen molar-refractivity contribution in [3.63, 3.8) is 0 Å². The molecule has 0 saturated carbocycles.